The molecule has 0 saturated heterocycles. The lowest BCUT2D eigenvalue weighted by Crippen LogP contribution is -2.46. The molecule has 8 nitrogen and oxygen atoms in total. The number of para-hydroxylation sites is 1. The minimum atomic E-state index is -0.601. The molecule has 0 saturated carbocycles. The summed E-state index contributed by atoms with van der Waals surface area (Å²) in [5.74, 6) is -0.248. The summed E-state index contributed by atoms with van der Waals surface area (Å²) in [6.45, 7) is 4.29. The van der Waals surface area contributed by atoms with Gasteiger partial charge in [-0.05, 0) is 37.4 Å². The zero-order valence-corrected chi connectivity index (χ0v) is 19.2. The van der Waals surface area contributed by atoms with Crippen molar-refractivity contribution < 1.29 is 14.3 Å². The Labute approximate surface area is 192 Å². The molecule has 1 atom stereocenters. The Morgan fingerprint density at radius 3 is 2.75 bits per heavy atom. The van der Waals surface area contributed by atoms with Gasteiger partial charge in [0.1, 0.15) is 0 Å². The zero-order valence-electron chi connectivity index (χ0n) is 17.6. The predicted octanol–water partition coefficient (Wildman–Crippen LogP) is 3.44. The van der Waals surface area contributed by atoms with Crippen molar-refractivity contribution in [3.05, 3.63) is 68.3 Å². The second kappa shape index (κ2) is 9.58. The number of fused-ring (bicyclic) bond motifs is 1. The molecule has 166 valence electrons. The molecule has 3 heterocycles. The van der Waals surface area contributed by atoms with Gasteiger partial charge >= 0.3 is 12.0 Å². The molecular formula is C22H22N4O4S2. The number of urea groups is 1. The first kappa shape index (κ1) is 22.1. The summed E-state index contributed by atoms with van der Waals surface area (Å²) >= 11 is 2.74. The van der Waals surface area contributed by atoms with Gasteiger partial charge in [-0.1, -0.05) is 30.0 Å². The number of carbonyl (C=O) groups excluding carboxylic acids is 2. The average Bonchev–Trinajstić information content (AvgIpc) is 3.32. The number of aromatic nitrogens is 2. The van der Waals surface area contributed by atoms with Crippen LogP contribution in [-0.4, -0.2) is 33.9 Å². The molecule has 10 heteroatoms. The van der Waals surface area contributed by atoms with Crippen LogP contribution in [0.2, 0.25) is 0 Å². The number of ether oxygens (including phenoxy) is 1. The van der Waals surface area contributed by atoms with Gasteiger partial charge in [-0.2, -0.15) is 0 Å². The van der Waals surface area contributed by atoms with Crippen LogP contribution in [0.1, 0.15) is 24.8 Å². The number of rotatable bonds is 7. The molecule has 0 aliphatic carbocycles. The third-order valence-electron chi connectivity index (χ3n) is 4.97. The monoisotopic (exact) mass is 470 g/mol. The van der Waals surface area contributed by atoms with Gasteiger partial charge in [-0.15, -0.1) is 11.3 Å². The van der Waals surface area contributed by atoms with Crippen LogP contribution in [0.25, 0.3) is 10.9 Å². The van der Waals surface area contributed by atoms with Crippen molar-refractivity contribution in [3.63, 3.8) is 0 Å². The molecule has 0 unspecified atom stereocenters. The van der Waals surface area contributed by atoms with Crippen LogP contribution in [0.3, 0.4) is 0 Å². The number of benzene rings is 1. The summed E-state index contributed by atoms with van der Waals surface area (Å²) in [6.07, 6.45) is 0. The minimum absolute atomic E-state index is 0.119. The van der Waals surface area contributed by atoms with Crippen LogP contribution in [0.15, 0.2) is 63.0 Å². The zero-order chi connectivity index (χ0) is 22.7. The number of amides is 2. The maximum atomic E-state index is 12.9. The SMILES string of the molecule is CCOC(=O)C1=C(CSc2nc3ccccc3c(=O)n2CC)NC(=O)N[C@@H]1c1cccs1. The highest BCUT2D eigenvalue weighted by molar-refractivity contribution is 7.99. The average molecular weight is 471 g/mol. The predicted molar refractivity (Wildman–Crippen MR) is 125 cm³/mol. The minimum Gasteiger partial charge on any atom is -0.463 e. The van der Waals surface area contributed by atoms with Gasteiger partial charge in [-0.25, -0.2) is 14.6 Å². The Bertz CT molecular complexity index is 1250. The van der Waals surface area contributed by atoms with E-state index in [9.17, 15) is 14.4 Å². The maximum absolute atomic E-state index is 12.9. The van der Waals surface area contributed by atoms with Crippen molar-refractivity contribution in [1.29, 1.82) is 0 Å². The van der Waals surface area contributed by atoms with E-state index in [2.05, 4.69) is 15.6 Å². The van der Waals surface area contributed by atoms with Crippen molar-refractivity contribution >= 4 is 46.0 Å². The van der Waals surface area contributed by atoms with Gasteiger partial charge in [0, 0.05) is 22.9 Å². The molecule has 0 bridgehead atoms. The summed E-state index contributed by atoms with van der Waals surface area (Å²) in [7, 11) is 0. The summed E-state index contributed by atoms with van der Waals surface area (Å²) in [5, 5.41) is 8.53. The number of esters is 1. The molecule has 2 amide bonds. The van der Waals surface area contributed by atoms with Crippen molar-refractivity contribution in [2.45, 2.75) is 31.6 Å². The van der Waals surface area contributed by atoms with E-state index in [1.165, 1.54) is 23.1 Å². The van der Waals surface area contributed by atoms with E-state index in [0.29, 0.717) is 33.9 Å². The molecule has 2 N–H and O–H groups in total. The number of carbonyl (C=O) groups is 2. The van der Waals surface area contributed by atoms with Crippen LogP contribution >= 0.6 is 23.1 Å². The smallest absolute Gasteiger partial charge is 0.338 e. The Kier molecular flexibility index (Phi) is 6.61. The highest BCUT2D eigenvalue weighted by atomic mass is 32.2. The summed E-state index contributed by atoms with van der Waals surface area (Å²) in [6, 6.07) is 9.93. The fourth-order valence-electron chi connectivity index (χ4n) is 3.52. The van der Waals surface area contributed by atoms with Crippen LogP contribution in [0, 0.1) is 0 Å². The number of hydrogen-bond acceptors (Lipinski definition) is 7. The van der Waals surface area contributed by atoms with E-state index in [1.54, 1.807) is 23.6 Å². The van der Waals surface area contributed by atoms with Crippen molar-refractivity contribution in [2.75, 3.05) is 12.4 Å². The van der Waals surface area contributed by atoms with Gasteiger partial charge in [-0.3, -0.25) is 9.36 Å². The molecular weight excluding hydrogens is 448 g/mol. The number of nitrogens with zero attached hydrogens (tertiary/aromatic N) is 2. The van der Waals surface area contributed by atoms with Crippen LogP contribution in [0.4, 0.5) is 4.79 Å². The first-order chi connectivity index (χ1) is 15.5. The van der Waals surface area contributed by atoms with E-state index in [0.717, 1.165) is 4.88 Å². The quantitative estimate of drug-likeness (QED) is 0.312. The molecule has 1 aliphatic heterocycles. The third-order valence-corrected chi connectivity index (χ3v) is 6.91. The lowest BCUT2D eigenvalue weighted by molar-refractivity contribution is -0.139. The van der Waals surface area contributed by atoms with Gasteiger partial charge < -0.3 is 15.4 Å². The Balaban J connectivity index is 1.74. The lowest BCUT2D eigenvalue weighted by atomic mass is 10.0. The third kappa shape index (κ3) is 4.28. The highest BCUT2D eigenvalue weighted by Crippen LogP contribution is 2.32. The topological polar surface area (TPSA) is 102 Å². The molecule has 3 aromatic rings. The van der Waals surface area contributed by atoms with E-state index < -0.39 is 18.0 Å². The van der Waals surface area contributed by atoms with Crippen molar-refractivity contribution in [1.82, 2.24) is 20.2 Å². The summed E-state index contributed by atoms with van der Waals surface area (Å²) in [5.41, 5.74) is 1.29. The normalized spacial score (nSPS) is 16.1. The molecule has 0 fully saturated rings. The highest BCUT2D eigenvalue weighted by Gasteiger charge is 2.34. The molecule has 32 heavy (non-hydrogen) atoms. The van der Waals surface area contributed by atoms with E-state index >= 15 is 0 Å². The molecule has 2 aromatic heterocycles. The summed E-state index contributed by atoms with van der Waals surface area (Å²) < 4.78 is 6.88. The first-order valence-electron chi connectivity index (χ1n) is 10.2. The Morgan fingerprint density at radius 1 is 1.22 bits per heavy atom. The fourth-order valence-corrected chi connectivity index (χ4v) is 5.34. The second-order valence-corrected chi connectivity index (χ2v) is 8.83. The maximum Gasteiger partial charge on any atom is 0.338 e. The van der Waals surface area contributed by atoms with Gasteiger partial charge in [0.05, 0.1) is 29.1 Å². The Morgan fingerprint density at radius 2 is 2.03 bits per heavy atom. The summed E-state index contributed by atoms with van der Waals surface area (Å²) in [4.78, 5) is 43.6. The first-order valence-corrected chi connectivity index (χ1v) is 12.0. The van der Waals surface area contributed by atoms with E-state index in [-0.39, 0.29) is 17.9 Å². The molecule has 0 spiro atoms. The number of hydrogen-bond donors (Lipinski definition) is 2. The molecule has 4 rings (SSSR count). The van der Waals surface area contributed by atoms with Crippen molar-refractivity contribution in [2.24, 2.45) is 0 Å². The molecule has 1 aliphatic rings. The standard InChI is InChI=1S/C22H22N4O4S2/c1-3-26-19(27)13-8-5-6-9-14(13)24-22(26)32-12-15-17(20(28)30-4-2)18(25-21(29)23-15)16-10-7-11-31-16/h5-11,18H,3-4,12H2,1-2H3,(H2,23,25,29)/t18-/m1/s1. The Hall–Kier alpha value is -3.11. The van der Waals surface area contributed by atoms with Crippen LogP contribution in [0.5, 0.6) is 0 Å². The van der Waals surface area contributed by atoms with E-state index in [4.69, 9.17) is 4.74 Å². The second-order valence-electron chi connectivity index (χ2n) is 6.91. The lowest BCUT2D eigenvalue weighted by Gasteiger charge is -2.28. The molecule has 1 aromatic carbocycles. The molecule has 0 radical (unpaired) electrons. The van der Waals surface area contributed by atoms with Crippen LogP contribution in [-0.2, 0) is 16.1 Å². The van der Waals surface area contributed by atoms with Crippen LogP contribution < -0.4 is 16.2 Å². The van der Waals surface area contributed by atoms with E-state index in [1.807, 2.05) is 36.6 Å². The number of thiophene rings is 1. The van der Waals surface area contributed by atoms with Crippen molar-refractivity contribution in [3.8, 4) is 0 Å². The number of nitrogens with one attached hydrogen (secondary N) is 2. The van der Waals surface area contributed by atoms with Gasteiger partial charge in [0.2, 0.25) is 0 Å². The largest absolute Gasteiger partial charge is 0.463 e. The van der Waals surface area contributed by atoms with Gasteiger partial charge in [0.25, 0.3) is 5.56 Å². The van der Waals surface area contributed by atoms with Gasteiger partial charge in [0.15, 0.2) is 5.16 Å². The fraction of sp³-hybridized carbons (Fsp3) is 0.273. The number of thioether (sulfide) groups is 1.